The summed E-state index contributed by atoms with van der Waals surface area (Å²) in [7, 11) is 0. The monoisotopic (exact) mass is 310 g/mol. The first-order valence-corrected chi connectivity index (χ1v) is 6.70. The predicted molar refractivity (Wildman–Crippen MR) is 81.8 cm³/mol. The Morgan fingerprint density at radius 2 is 1.74 bits per heavy atom. The lowest BCUT2D eigenvalue weighted by Gasteiger charge is -2.08. The maximum absolute atomic E-state index is 14.6. The van der Waals surface area contributed by atoms with E-state index >= 15 is 0 Å². The highest BCUT2D eigenvalue weighted by Gasteiger charge is 2.22. The van der Waals surface area contributed by atoms with Gasteiger partial charge in [0.05, 0.1) is 0 Å². The molecular weight excluding hydrogens is 299 g/mol. The molecule has 23 heavy (non-hydrogen) atoms. The van der Waals surface area contributed by atoms with Crippen molar-refractivity contribution in [1.29, 1.82) is 0 Å². The number of aromatic hydroxyl groups is 1. The van der Waals surface area contributed by atoms with Gasteiger partial charge in [0.25, 0.3) is 0 Å². The topological polar surface area (TPSA) is 93.3 Å². The summed E-state index contributed by atoms with van der Waals surface area (Å²) in [4.78, 5) is 27.4. The van der Waals surface area contributed by atoms with Crippen molar-refractivity contribution >= 4 is 22.6 Å². The molecule has 0 unspecified atom stereocenters. The summed E-state index contributed by atoms with van der Waals surface area (Å²) in [5.41, 5.74) is 5.03. The first-order valence-electron chi connectivity index (χ1n) is 6.70. The number of fused-ring (bicyclic) bond motifs is 1. The number of phenolic OH excluding ortho intramolecular Hbond substituents is 1. The first-order chi connectivity index (χ1) is 11.0. The minimum Gasteiger partial charge on any atom is -0.507 e. The number of phenols is 1. The SMILES string of the molecule is NC(=O)c1ccc(C(=O)c2c(O)cc3cccnc3c2F)cc1. The number of rotatable bonds is 3. The Morgan fingerprint density at radius 3 is 2.39 bits per heavy atom. The standard InChI is InChI=1S/C17H11FN2O3/c18-14-13(12(21)8-11-2-1-7-20-15(11)14)16(22)9-3-5-10(6-4-9)17(19)23/h1-8,21H,(H2,19,23). The second kappa shape index (κ2) is 5.49. The first kappa shape index (κ1) is 14.6. The van der Waals surface area contributed by atoms with Crippen LogP contribution in [0.15, 0.2) is 48.7 Å². The highest BCUT2D eigenvalue weighted by Crippen LogP contribution is 2.29. The van der Waals surface area contributed by atoms with E-state index in [9.17, 15) is 19.1 Å². The minimum atomic E-state index is -0.885. The van der Waals surface area contributed by atoms with Crippen molar-refractivity contribution in [2.45, 2.75) is 0 Å². The van der Waals surface area contributed by atoms with Gasteiger partial charge in [-0.15, -0.1) is 0 Å². The quantitative estimate of drug-likeness (QED) is 0.726. The van der Waals surface area contributed by atoms with Crippen molar-refractivity contribution in [3.8, 4) is 5.75 Å². The van der Waals surface area contributed by atoms with Crippen LogP contribution in [0.1, 0.15) is 26.3 Å². The zero-order valence-electron chi connectivity index (χ0n) is 11.8. The van der Waals surface area contributed by atoms with E-state index in [1.165, 1.54) is 36.5 Å². The predicted octanol–water partition coefficient (Wildman–Crippen LogP) is 2.41. The molecule has 0 bridgehead atoms. The van der Waals surface area contributed by atoms with Crippen molar-refractivity contribution in [3.63, 3.8) is 0 Å². The van der Waals surface area contributed by atoms with Gasteiger partial charge in [0.1, 0.15) is 16.8 Å². The number of benzene rings is 2. The zero-order valence-corrected chi connectivity index (χ0v) is 11.8. The molecule has 2 aromatic carbocycles. The number of nitrogens with two attached hydrogens (primary N) is 1. The smallest absolute Gasteiger partial charge is 0.248 e. The maximum atomic E-state index is 14.6. The number of amides is 1. The van der Waals surface area contributed by atoms with Gasteiger partial charge in [-0.3, -0.25) is 14.6 Å². The van der Waals surface area contributed by atoms with Crippen LogP contribution in [0.4, 0.5) is 4.39 Å². The van der Waals surface area contributed by atoms with E-state index in [0.717, 1.165) is 0 Å². The van der Waals surface area contributed by atoms with E-state index < -0.39 is 28.8 Å². The number of carbonyl (C=O) groups is 2. The molecule has 0 spiro atoms. The molecule has 0 aliphatic carbocycles. The van der Waals surface area contributed by atoms with Crippen LogP contribution in [0.25, 0.3) is 10.9 Å². The van der Waals surface area contributed by atoms with Gasteiger partial charge in [-0.2, -0.15) is 0 Å². The molecule has 0 aliphatic rings. The molecule has 3 rings (SSSR count). The Morgan fingerprint density at radius 1 is 1.09 bits per heavy atom. The molecule has 0 saturated carbocycles. The molecule has 3 aromatic rings. The van der Waals surface area contributed by atoms with Crippen LogP contribution in [0.3, 0.4) is 0 Å². The highest BCUT2D eigenvalue weighted by atomic mass is 19.1. The van der Waals surface area contributed by atoms with Crippen molar-refractivity contribution in [2.24, 2.45) is 5.73 Å². The molecular formula is C17H11FN2O3. The minimum absolute atomic E-state index is 0.00223. The number of primary amides is 1. The molecule has 6 heteroatoms. The largest absolute Gasteiger partial charge is 0.507 e. The average Bonchev–Trinajstić information content (AvgIpc) is 2.54. The van der Waals surface area contributed by atoms with Gasteiger partial charge in [-0.1, -0.05) is 18.2 Å². The van der Waals surface area contributed by atoms with Gasteiger partial charge in [-0.25, -0.2) is 4.39 Å². The highest BCUT2D eigenvalue weighted by molar-refractivity contribution is 6.13. The van der Waals surface area contributed by atoms with Gasteiger partial charge in [0, 0.05) is 22.7 Å². The summed E-state index contributed by atoms with van der Waals surface area (Å²) in [6.07, 6.45) is 1.40. The van der Waals surface area contributed by atoms with Crippen LogP contribution >= 0.6 is 0 Å². The maximum Gasteiger partial charge on any atom is 0.248 e. The Hall–Kier alpha value is -3.28. The fourth-order valence-electron chi connectivity index (χ4n) is 2.31. The lowest BCUT2D eigenvalue weighted by atomic mass is 9.99. The molecule has 1 aromatic heterocycles. The van der Waals surface area contributed by atoms with Crippen molar-refractivity contribution in [3.05, 3.63) is 71.2 Å². The molecule has 0 fully saturated rings. The van der Waals surface area contributed by atoms with Crippen LogP contribution < -0.4 is 5.73 Å². The van der Waals surface area contributed by atoms with E-state index in [1.54, 1.807) is 12.1 Å². The molecule has 114 valence electrons. The van der Waals surface area contributed by atoms with Crippen LogP contribution in [0.5, 0.6) is 5.75 Å². The van der Waals surface area contributed by atoms with Crippen molar-refractivity contribution < 1.29 is 19.1 Å². The summed E-state index contributed by atoms with van der Waals surface area (Å²) in [6, 6.07) is 9.91. The number of carbonyl (C=O) groups excluding carboxylic acids is 2. The van der Waals surface area contributed by atoms with E-state index in [2.05, 4.69) is 4.98 Å². The van der Waals surface area contributed by atoms with E-state index in [-0.39, 0.29) is 16.6 Å². The van der Waals surface area contributed by atoms with Crippen molar-refractivity contribution in [2.75, 3.05) is 0 Å². The Bertz CT molecular complexity index is 936. The zero-order chi connectivity index (χ0) is 16.6. The number of hydrogen-bond acceptors (Lipinski definition) is 4. The Kier molecular flexibility index (Phi) is 3.50. The lowest BCUT2D eigenvalue weighted by Crippen LogP contribution is -2.11. The normalized spacial score (nSPS) is 10.7. The molecule has 0 saturated heterocycles. The summed E-state index contributed by atoms with van der Waals surface area (Å²) < 4.78 is 14.6. The van der Waals surface area contributed by atoms with Gasteiger partial charge >= 0.3 is 0 Å². The third-order valence-corrected chi connectivity index (χ3v) is 3.47. The molecule has 0 radical (unpaired) electrons. The van der Waals surface area contributed by atoms with Gasteiger partial charge in [0.15, 0.2) is 11.6 Å². The van der Waals surface area contributed by atoms with Gasteiger partial charge in [0.2, 0.25) is 5.91 Å². The van der Waals surface area contributed by atoms with E-state index in [1.807, 2.05) is 0 Å². The van der Waals surface area contributed by atoms with Crippen LogP contribution in [-0.2, 0) is 0 Å². The van der Waals surface area contributed by atoms with Crippen LogP contribution in [0, 0.1) is 5.82 Å². The number of ketones is 1. The number of nitrogens with zero attached hydrogens (tertiary/aromatic N) is 1. The fraction of sp³-hybridized carbons (Fsp3) is 0. The van der Waals surface area contributed by atoms with Gasteiger partial charge in [-0.05, 0) is 24.3 Å². The number of pyridine rings is 1. The fourth-order valence-corrected chi connectivity index (χ4v) is 2.31. The van der Waals surface area contributed by atoms with E-state index in [4.69, 9.17) is 5.73 Å². The van der Waals surface area contributed by atoms with Crippen LogP contribution in [0.2, 0.25) is 0 Å². The van der Waals surface area contributed by atoms with Crippen LogP contribution in [-0.4, -0.2) is 21.8 Å². The summed E-state index contributed by atoms with van der Waals surface area (Å²) >= 11 is 0. The molecule has 1 amide bonds. The molecule has 0 aliphatic heterocycles. The third kappa shape index (κ3) is 2.50. The molecule has 5 nitrogen and oxygen atoms in total. The molecule has 3 N–H and O–H groups in total. The molecule has 0 atom stereocenters. The lowest BCUT2D eigenvalue weighted by molar-refractivity contribution is 0.0996. The third-order valence-electron chi connectivity index (χ3n) is 3.47. The number of hydrogen-bond donors (Lipinski definition) is 2. The average molecular weight is 310 g/mol. The van der Waals surface area contributed by atoms with Gasteiger partial charge < -0.3 is 10.8 Å². The second-order valence-corrected chi connectivity index (χ2v) is 4.93. The second-order valence-electron chi connectivity index (χ2n) is 4.93. The number of halogens is 1. The molecule has 1 heterocycles. The Labute approximate surface area is 130 Å². The number of aromatic nitrogens is 1. The van der Waals surface area contributed by atoms with E-state index in [0.29, 0.717) is 5.39 Å². The summed E-state index contributed by atoms with van der Waals surface area (Å²) in [5.74, 6) is -2.69. The summed E-state index contributed by atoms with van der Waals surface area (Å²) in [5, 5.41) is 10.4. The Balaban J connectivity index is 2.12. The van der Waals surface area contributed by atoms with Crippen molar-refractivity contribution in [1.82, 2.24) is 4.98 Å². The summed E-state index contributed by atoms with van der Waals surface area (Å²) in [6.45, 7) is 0.